The zero-order chi connectivity index (χ0) is 28.9. The highest BCUT2D eigenvalue weighted by molar-refractivity contribution is 6.36. The van der Waals surface area contributed by atoms with Gasteiger partial charge in [0.15, 0.2) is 0 Å². The monoisotopic (exact) mass is 607 g/mol. The molecule has 4 rings (SSSR count). The van der Waals surface area contributed by atoms with Gasteiger partial charge in [0.2, 0.25) is 9.76 Å². The predicted octanol–water partition coefficient (Wildman–Crippen LogP) is 9.95. The van der Waals surface area contributed by atoms with Crippen molar-refractivity contribution in [2.45, 2.75) is 50.7 Å². The fraction of sp³-hybridized carbons (Fsp3) is 0.250. The summed E-state index contributed by atoms with van der Waals surface area (Å²) in [6, 6.07) is 25.8. The van der Waals surface area contributed by atoms with E-state index in [1.807, 2.05) is 55.5 Å². The third-order valence-electron chi connectivity index (χ3n) is 6.36. The van der Waals surface area contributed by atoms with Gasteiger partial charge in [0.1, 0.15) is 22.4 Å². The molecule has 0 amide bonds. The Morgan fingerprint density at radius 1 is 0.925 bits per heavy atom. The van der Waals surface area contributed by atoms with Crippen LogP contribution in [0.5, 0.6) is 0 Å². The van der Waals surface area contributed by atoms with Gasteiger partial charge in [-0.25, -0.2) is 9.97 Å². The van der Waals surface area contributed by atoms with Crippen molar-refractivity contribution in [3.05, 3.63) is 129 Å². The van der Waals surface area contributed by atoms with E-state index in [0.29, 0.717) is 44.5 Å². The molecule has 3 aromatic carbocycles. The van der Waals surface area contributed by atoms with Crippen molar-refractivity contribution in [2.75, 3.05) is 5.32 Å². The highest BCUT2D eigenvalue weighted by Crippen LogP contribution is 2.51. The minimum atomic E-state index is -0.940. The van der Waals surface area contributed by atoms with Crippen LogP contribution in [0.4, 0.5) is 11.5 Å². The maximum absolute atomic E-state index is 7.16. The van der Waals surface area contributed by atoms with Gasteiger partial charge in [-0.2, -0.15) is 0 Å². The van der Waals surface area contributed by atoms with E-state index in [0.717, 1.165) is 11.1 Å². The Morgan fingerprint density at radius 3 is 2.05 bits per heavy atom. The standard InChI is InChI=1S/C32H32Cl3N3OSi/c1-6-13-25(28-29(35)36-21(2)37-30(28)38-27-19-18-24(33)20-26(27)34)32(39-40-31(3,4)5,22-14-9-7-10-15-22)23-16-11-8-12-17-23/h6-12,14-20,25H,1,13H2,2-5H3,(H,36,37,38). The van der Waals surface area contributed by atoms with E-state index in [1.54, 1.807) is 12.1 Å². The minimum Gasteiger partial charge on any atom is -0.403 e. The second-order valence-electron chi connectivity index (χ2n) is 10.6. The van der Waals surface area contributed by atoms with E-state index < -0.39 is 5.60 Å². The van der Waals surface area contributed by atoms with Gasteiger partial charge in [0.25, 0.3) is 0 Å². The Bertz CT molecular complexity index is 1420. The van der Waals surface area contributed by atoms with Crippen molar-refractivity contribution in [3.63, 3.8) is 0 Å². The summed E-state index contributed by atoms with van der Waals surface area (Å²) in [6.07, 6.45) is 2.43. The lowest BCUT2D eigenvalue weighted by molar-refractivity contribution is 0.0787. The molecule has 0 spiro atoms. The van der Waals surface area contributed by atoms with Crippen LogP contribution < -0.4 is 5.32 Å². The molecule has 40 heavy (non-hydrogen) atoms. The van der Waals surface area contributed by atoms with Crippen molar-refractivity contribution < 1.29 is 4.43 Å². The molecule has 4 nitrogen and oxygen atoms in total. The van der Waals surface area contributed by atoms with E-state index in [1.165, 1.54) is 0 Å². The average Bonchev–Trinajstić information content (AvgIpc) is 2.91. The number of nitrogens with zero attached hydrogens (tertiary/aromatic N) is 2. The molecule has 0 fully saturated rings. The molecule has 206 valence electrons. The van der Waals surface area contributed by atoms with Crippen LogP contribution in [-0.4, -0.2) is 19.7 Å². The quantitative estimate of drug-likeness (QED) is 0.111. The van der Waals surface area contributed by atoms with E-state index in [9.17, 15) is 0 Å². The van der Waals surface area contributed by atoms with Gasteiger partial charge in [-0.05, 0) is 47.7 Å². The number of rotatable bonds is 10. The number of hydrogen-bond acceptors (Lipinski definition) is 4. The second kappa shape index (κ2) is 12.9. The largest absolute Gasteiger partial charge is 0.403 e. The normalized spacial score (nSPS) is 12.7. The molecule has 1 unspecified atom stereocenters. The van der Waals surface area contributed by atoms with Gasteiger partial charge >= 0.3 is 0 Å². The molecular formula is C32H32Cl3N3OSi. The third-order valence-corrected chi connectivity index (χ3v) is 8.23. The van der Waals surface area contributed by atoms with E-state index >= 15 is 0 Å². The fourth-order valence-electron chi connectivity index (χ4n) is 4.69. The molecule has 0 aliphatic carbocycles. The van der Waals surface area contributed by atoms with Gasteiger partial charge in [-0.3, -0.25) is 0 Å². The van der Waals surface area contributed by atoms with Crippen molar-refractivity contribution in [1.82, 2.24) is 9.97 Å². The number of hydrogen-bond donors (Lipinski definition) is 1. The number of aryl methyl sites for hydroxylation is 1. The highest BCUT2D eigenvalue weighted by Gasteiger charge is 2.46. The molecule has 2 radical (unpaired) electrons. The molecule has 0 aliphatic rings. The zero-order valence-electron chi connectivity index (χ0n) is 23.0. The SMILES string of the molecule is C=CCC(c1c(Cl)nc(C)nc1Nc1ccc(Cl)cc1Cl)C(O[Si]C(C)(C)C)(c1ccccc1)c1ccccc1. The Morgan fingerprint density at radius 2 is 1.52 bits per heavy atom. The summed E-state index contributed by atoms with van der Waals surface area (Å²) in [7, 11) is 0.173. The summed E-state index contributed by atoms with van der Waals surface area (Å²) in [4.78, 5) is 9.42. The molecule has 0 saturated carbocycles. The first kappa shape index (κ1) is 30.3. The molecule has 1 atom stereocenters. The smallest absolute Gasteiger partial charge is 0.237 e. The van der Waals surface area contributed by atoms with E-state index in [-0.39, 0.29) is 20.7 Å². The maximum atomic E-state index is 7.16. The molecule has 1 N–H and O–H groups in total. The summed E-state index contributed by atoms with van der Waals surface area (Å²) < 4.78 is 7.16. The van der Waals surface area contributed by atoms with Crippen LogP contribution in [0.2, 0.25) is 20.2 Å². The summed E-state index contributed by atoms with van der Waals surface area (Å²) in [5.74, 6) is 0.722. The number of anilines is 2. The first-order valence-corrected chi connectivity index (χ1v) is 15.0. The molecule has 0 aliphatic heterocycles. The summed E-state index contributed by atoms with van der Waals surface area (Å²) >= 11 is 19.8. The molecule has 4 aromatic rings. The van der Waals surface area contributed by atoms with Gasteiger partial charge < -0.3 is 9.74 Å². The maximum Gasteiger partial charge on any atom is 0.237 e. The molecule has 8 heteroatoms. The third kappa shape index (κ3) is 6.79. The molecule has 0 saturated heterocycles. The number of halogens is 3. The highest BCUT2D eigenvalue weighted by atomic mass is 35.5. The van der Waals surface area contributed by atoms with Crippen LogP contribution in [0.3, 0.4) is 0 Å². The summed E-state index contributed by atoms with van der Waals surface area (Å²) in [5, 5.41) is 4.69. The van der Waals surface area contributed by atoms with Crippen LogP contribution in [0.15, 0.2) is 91.5 Å². The van der Waals surface area contributed by atoms with Crippen LogP contribution in [0.25, 0.3) is 0 Å². The number of nitrogens with one attached hydrogen (secondary N) is 1. The Hall–Kier alpha value is -2.67. The lowest BCUT2D eigenvalue weighted by Gasteiger charge is -2.44. The molecule has 0 bridgehead atoms. The molecule has 1 heterocycles. The Balaban J connectivity index is 2.04. The lowest BCUT2D eigenvalue weighted by Crippen LogP contribution is -2.41. The van der Waals surface area contributed by atoms with Crippen LogP contribution in [0.1, 0.15) is 55.6 Å². The summed E-state index contributed by atoms with van der Waals surface area (Å²) in [6.45, 7) is 12.5. The van der Waals surface area contributed by atoms with E-state index in [2.05, 4.69) is 61.9 Å². The van der Waals surface area contributed by atoms with Crippen molar-refractivity contribution >= 4 is 56.1 Å². The lowest BCUT2D eigenvalue weighted by atomic mass is 9.71. The minimum absolute atomic E-state index is 0.0843. The van der Waals surface area contributed by atoms with Crippen molar-refractivity contribution in [2.24, 2.45) is 0 Å². The topological polar surface area (TPSA) is 47.0 Å². The predicted molar refractivity (Wildman–Crippen MR) is 169 cm³/mol. The van der Waals surface area contributed by atoms with Gasteiger partial charge in [-0.1, -0.05) is 122 Å². The average molecular weight is 609 g/mol. The molecule has 1 aromatic heterocycles. The summed E-state index contributed by atoms with van der Waals surface area (Å²) in [5.41, 5.74) is 2.42. The zero-order valence-corrected chi connectivity index (χ0v) is 26.3. The van der Waals surface area contributed by atoms with Gasteiger partial charge in [0, 0.05) is 16.5 Å². The number of allylic oxidation sites excluding steroid dienone is 1. The molecular weight excluding hydrogens is 577 g/mol. The van der Waals surface area contributed by atoms with E-state index in [4.69, 9.17) is 44.2 Å². The van der Waals surface area contributed by atoms with Crippen LogP contribution in [0, 0.1) is 6.92 Å². The van der Waals surface area contributed by atoms with Gasteiger partial charge in [-0.15, -0.1) is 6.58 Å². The van der Waals surface area contributed by atoms with Crippen LogP contribution >= 0.6 is 34.8 Å². The Labute approximate surface area is 254 Å². The van der Waals surface area contributed by atoms with Gasteiger partial charge in [0.05, 0.1) is 10.7 Å². The Kier molecular flexibility index (Phi) is 9.75. The van der Waals surface area contributed by atoms with Crippen LogP contribution in [-0.2, 0) is 10.0 Å². The van der Waals surface area contributed by atoms with Crippen molar-refractivity contribution in [3.8, 4) is 0 Å². The number of aromatic nitrogens is 2. The first-order chi connectivity index (χ1) is 19.0. The van der Waals surface area contributed by atoms with Crippen molar-refractivity contribution in [1.29, 1.82) is 0 Å². The number of benzene rings is 3. The first-order valence-electron chi connectivity index (χ1n) is 13.0. The second-order valence-corrected chi connectivity index (χ2v) is 13.7. The fourth-order valence-corrected chi connectivity index (χ4v) is 6.33.